The zero-order chi connectivity index (χ0) is 37.1. The highest BCUT2D eigenvalue weighted by atomic mass is 16.6. The molecule has 0 saturated carbocycles. The second-order valence-electron chi connectivity index (χ2n) is 15.9. The summed E-state index contributed by atoms with van der Waals surface area (Å²) in [6.45, 7) is 4.19. The van der Waals surface area contributed by atoms with Gasteiger partial charge in [0.25, 0.3) is 0 Å². The summed E-state index contributed by atoms with van der Waals surface area (Å²) in [5.41, 5.74) is 0. The lowest BCUT2D eigenvalue weighted by Crippen LogP contribution is -2.28. The van der Waals surface area contributed by atoms with E-state index in [9.17, 15) is 14.7 Å². The van der Waals surface area contributed by atoms with Gasteiger partial charge in [0.15, 0.2) is 6.10 Å². The third-order valence-electron chi connectivity index (χ3n) is 10.7. The highest BCUT2D eigenvalue weighted by Gasteiger charge is 2.16. The zero-order valence-corrected chi connectivity index (χ0v) is 34.6. The molecule has 1 atom stereocenters. The molecule has 0 rings (SSSR count). The minimum atomic E-state index is -0.762. The van der Waals surface area contributed by atoms with E-state index in [1.54, 1.807) is 0 Å². The number of aliphatic hydroxyl groups is 1. The van der Waals surface area contributed by atoms with Crippen LogP contribution in [0, 0.1) is 0 Å². The third kappa shape index (κ3) is 41.5. The van der Waals surface area contributed by atoms with Crippen molar-refractivity contribution in [3.05, 3.63) is 0 Å². The Labute approximate surface area is 319 Å². The summed E-state index contributed by atoms with van der Waals surface area (Å²) >= 11 is 0. The van der Waals surface area contributed by atoms with Crippen molar-refractivity contribution in [1.82, 2.24) is 0 Å². The molecular weight excluding hydrogens is 633 g/mol. The molecule has 0 heterocycles. The van der Waals surface area contributed by atoms with Crippen LogP contribution in [0.4, 0.5) is 0 Å². The Morgan fingerprint density at radius 2 is 0.608 bits per heavy atom. The van der Waals surface area contributed by atoms with Crippen molar-refractivity contribution in [2.24, 2.45) is 0 Å². The Balaban J connectivity index is 3.45. The van der Waals surface area contributed by atoms with Gasteiger partial charge in [-0.1, -0.05) is 239 Å². The molecule has 304 valence electrons. The molecule has 0 saturated heterocycles. The second-order valence-corrected chi connectivity index (χ2v) is 15.9. The predicted octanol–water partition coefficient (Wildman–Crippen LogP) is 14.7. The van der Waals surface area contributed by atoms with Crippen LogP contribution in [-0.4, -0.2) is 36.4 Å². The van der Waals surface area contributed by atoms with Crippen molar-refractivity contribution in [1.29, 1.82) is 0 Å². The van der Waals surface area contributed by atoms with E-state index in [0.29, 0.717) is 12.8 Å². The summed E-state index contributed by atoms with van der Waals surface area (Å²) in [4.78, 5) is 24.4. The number of rotatable bonds is 43. The molecule has 0 fully saturated rings. The maximum absolute atomic E-state index is 12.2. The van der Waals surface area contributed by atoms with Crippen LogP contribution in [0.2, 0.25) is 0 Å². The topological polar surface area (TPSA) is 72.8 Å². The smallest absolute Gasteiger partial charge is 0.306 e. The molecule has 1 N–H and O–H groups in total. The van der Waals surface area contributed by atoms with Gasteiger partial charge >= 0.3 is 11.9 Å². The molecule has 0 bridgehead atoms. The number of unbranched alkanes of at least 4 members (excludes halogenated alkanes) is 35. The van der Waals surface area contributed by atoms with E-state index < -0.39 is 6.10 Å². The Bertz CT molecular complexity index is 695. The molecule has 5 heteroatoms. The first-order valence-electron chi connectivity index (χ1n) is 23.1. The van der Waals surface area contributed by atoms with Gasteiger partial charge in [0, 0.05) is 12.8 Å². The van der Waals surface area contributed by atoms with E-state index in [4.69, 9.17) is 9.47 Å². The fraction of sp³-hybridized carbons (Fsp3) is 0.957. The van der Waals surface area contributed by atoms with E-state index in [1.165, 1.54) is 205 Å². The summed E-state index contributed by atoms with van der Waals surface area (Å²) in [6, 6.07) is 0. The summed E-state index contributed by atoms with van der Waals surface area (Å²) in [5, 5.41) is 9.59. The molecule has 0 aliphatic heterocycles. The maximum Gasteiger partial charge on any atom is 0.306 e. The van der Waals surface area contributed by atoms with Gasteiger partial charge in [0.1, 0.15) is 6.61 Å². The molecule has 0 aliphatic rings. The number of aliphatic hydroxyl groups excluding tert-OH is 1. The van der Waals surface area contributed by atoms with Gasteiger partial charge in [-0.25, -0.2) is 0 Å². The number of ether oxygens (including phenoxy) is 2. The number of carbonyl (C=O) groups is 2. The van der Waals surface area contributed by atoms with Gasteiger partial charge in [-0.2, -0.15) is 0 Å². The van der Waals surface area contributed by atoms with Gasteiger partial charge in [0.05, 0.1) is 6.61 Å². The molecule has 0 aromatic heterocycles. The second kappa shape index (κ2) is 43.3. The standard InChI is InChI=1S/C46H90O5/c1-3-5-7-9-11-13-15-17-19-21-22-23-25-27-29-31-33-35-37-39-41-46(49)51-44(42-47)43-50-45(48)40-38-36-34-32-30-28-26-24-20-18-16-14-12-10-8-6-4-2/h44,47H,3-43H2,1-2H3/t44-/m0/s1. The number of hydrogen-bond acceptors (Lipinski definition) is 5. The monoisotopic (exact) mass is 723 g/mol. The molecule has 0 aromatic carbocycles. The fourth-order valence-electron chi connectivity index (χ4n) is 7.15. The lowest BCUT2D eigenvalue weighted by molar-refractivity contribution is -0.161. The quantitative estimate of drug-likeness (QED) is 0.0501. The average molecular weight is 723 g/mol. The molecular formula is C46H90O5. The number of hydrogen-bond donors (Lipinski definition) is 1. The van der Waals surface area contributed by atoms with E-state index in [0.717, 1.165) is 32.1 Å². The van der Waals surface area contributed by atoms with Crippen LogP contribution in [0.15, 0.2) is 0 Å². The molecule has 0 aliphatic carbocycles. The first-order chi connectivity index (χ1) is 25.1. The first kappa shape index (κ1) is 49.9. The van der Waals surface area contributed by atoms with Crippen molar-refractivity contribution in [3.63, 3.8) is 0 Å². The van der Waals surface area contributed by atoms with Gasteiger partial charge in [-0.05, 0) is 12.8 Å². The van der Waals surface area contributed by atoms with Crippen molar-refractivity contribution in [2.45, 2.75) is 270 Å². The lowest BCUT2D eigenvalue weighted by atomic mass is 10.0. The van der Waals surface area contributed by atoms with Crippen LogP contribution >= 0.6 is 0 Å². The summed E-state index contributed by atoms with van der Waals surface area (Å²) in [6.07, 6.45) is 48.9. The maximum atomic E-state index is 12.2. The highest BCUT2D eigenvalue weighted by Crippen LogP contribution is 2.17. The van der Waals surface area contributed by atoms with Gasteiger partial charge in [0.2, 0.25) is 0 Å². The first-order valence-corrected chi connectivity index (χ1v) is 23.1. The van der Waals surface area contributed by atoms with Gasteiger partial charge in [-0.15, -0.1) is 0 Å². The van der Waals surface area contributed by atoms with Crippen molar-refractivity contribution < 1.29 is 24.2 Å². The van der Waals surface area contributed by atoms with Crippen LogP contribution in [-0.2, 0) is 19.1 Å². The van der Waals surface area contributed by atoms with Gasteiger partial charge in [-0.3, -0.25) is 9.59 Å². The minimum Gasteiger partial charge on any atom is -0.462 e. The van der Waals surface area contributed by atoms with Crippen LogP contribution in [0.3, 0.4) is 0 Å². The molecule has 51 heavy (non-hydrogen) atoms. The number of carbonyl (C=O) groups excluding carboxylic acids is 2. The Hall–Kier alpha value is -1.10. The molecule has 0 aromatic rings. The number of esters is 2. The molecule has 5 nitrogen and oxygen atoms in total. The Kier molecular flexibility index (Phi) is 42.4. The normalized spacial score (nSPS) is 12.0. The fourth-order valence-corrected chi connectivity index (χ4v) is 7.15. The van der Waals surface area contributed by atoms with E-state index in [2.05, 4.69) is 13.8 Å². The third-order valence-corrected chi connectivity index (χ3v) is 10.7. The predicted molar refractivity (Wildman–Crippen MR) is 219 cm³/mol. The minimum absolute atomic E-state index is 0.0563. The van der Waals surface area contributed by atoms with E-state index in [1.807, 2.05) is 0 Å². The van der Waals surface area contributed by atoms with Gasteiger partial charge < -0.3 is 14.6 Å². The van der Waals surface area contributed by atoms with Crippen LogP contribution in [0.5, 0.6) is 0 Å². The van der Waals surface area contributed by atoms with Crippen LogP contribution in [0.1, 0.15) is 264 Å². The van der Waals surface area contributed by atoms with Crippen LogP contribution in [0.25, 0.3) is 0 Å². The highest BCUT2D eigenvalue weighted by molar-refractivity contribution is 5.70. The molecule has 0 spiro atoms. The molecule has 0 unspecified atom stereocenters. The van der Waals surface area contributed by atoms with Crippen molar-refractivity contribution >= 4 is 11.9 Å². The molecule has 0 radical (unpaired) electrons. The molecule has 0 amide bonds. The Morgan fingerprint density at radius 1 is 0.373 bits per heavy atom. The summed E-state index contributed by atoms with van der Waals surface area (Å²) in [7, 11) is 0. The summed E-state index contributed by atoms with van der Waals surface area (Å²) in [5.74, 6) is -0.569. The summed E-state index contributed by atoms with van der Waals surface area (Å²) < 4.78 is 10.7. The van der Waals surface area contributed by atoms with Crippen LogP contribution < -0.4 is 0 Å². The largest absolute Gasteiger partial charge is 0.462 e. The average Bonchev–Trinajstić information content (AvgIpc) is 3.13. The zero-order valence-electron chi connectivity index (χ0n) is 34.6. The van der Waals surface area contributed by atoms with E-state index >= 15 is 0 Å². The van der Waals surface area contributed by atoms with E-state index in [-0.39, 0.29) is 25.2 Å². The SMILES string of the molecule is CCCCCCCCCCCCCCCCCCCCCCC(=O)O[C@@H](CO)COC(=O)CCCCCCCCCCCCCCCCCCC. The van der Waals surface area contributed by atoms with Crippen molar-refractivity contribution in [2.75, 3.05) is 13.2 Å². The van der Waals surface area contributed by atoms with Crippen molar-refractivity contribution in [3.8, 4) is 0 Å². The lowest BCUT2D eigenvalue weighted by Gasteiger charge is -2.15. The Morgan fingerprint density at radius 3 is 0.863 bits per heavy atom.